The maximum absolute atomic E-state index is 13.4. The van der Waals surface area contributed by atoms with Gasteiger partial charge in [0.2, 0.25) is 11.6 Å². The first-order chi connectivity index (χ1) is 14.5. The van der Waals surface area contributed by atoms with Crippen LogP contribution < -0.4 is 5.73 Å². The molecule has 3 aliphatic carbocycles. The largest absolute Gasteiger partial charge is 0.507 e. The van der Waals surface area contributed by atoms with Crippen molar-refractivity contribution in [2.75, 3.05) is 7.11 Å². The first kappa shape index (κ1) is 20.9. The third-order valence-corrected chi connectivity index (χ3v) is 6.37. The summed E-state index contributed by atoms with van der Waals surface area (Å²) < 4.78 is 0. The number of amides is 1. The van der Waals surface area contributed by atoms with E-state index in [0.29, 0.717) is 5.56 Å². The third kappa shape index (κ3) is 2.61. The Morgan fingerprint density at radius 2 is 1.90 bits per heavy atom. The maximum atomic E-state index is 13.4. The van der Waals surface area contributed by atoms with Crippen molar-refractivity contribution < 1.29 is 39.6 Å². The van der Waals surface area contributed by atoms with E-state index in [4.69, 9.17) is 17.3 Å². The van der Waals surface area contributed by atoms with Gasteiger partial charge in [-0.25, -0.2) is 0 Å². The zero-order chi connectivity index (χ0) is 22.8. The van der Waals surface area contributed by atoms with Crippen LogP contribution in [0.15, 0.2) is 34.2 Å². The number of primary amides is 1. The molecule has 0 saturated heterocycles. The molecule has 162 valence electrons. The molecule has 4 rings (SSSR count). The Labute approximate surface area is 179 Å². The molecule has 0 aromatic heterocycles. The van der Waals surface area contributed by atoms with Crippen molar-refractivity contribution >= 4 is 40.5 Å². The van der Waals surface area contributed by atoms with E-state index in [0.717, 1.165) is 7.11 Å². The SMILES string of the molecule is CO/N=C1\C(O)=C(C(N)=O)C(=O)[C@@]2(O)C(=O)C3=C(O)c4c(O)ccc(Cl)c4C[C@H]3C[C@@H]12. The number of carbonyl (C=O) groups excluding carboxylic acids is 3. The zero-order valence-corrected chi connectivity index (χ0v) is 16.8. The van der Waals surface area contributed by atoms with Crippen molar-refractivity contribution in [3.63, 3.8) is 0 Å². The van der Waals surface area contributed by atoms with Gasteiger partial charge >= 0.3 is 0 Å². The first-order valence-corrected chi connectivity index (χ1v) is 9.53. The van der Waals surface area contributed by atoms with Gasteiger partial charge in [-0.3, -0.25) is 14.4 Å². The minimum absolute atomic E-state index is 0.0725. The number of allylic oxidation sites excluding steroid dienone is 1. The molecule has 1 fully saturated rings. The number of halogens is 1. The normalized spacial score (nSPS) is 28.9. The summed E-state index contributed by atoms with van der Waals surface area (Å²) in [5.74, 6) is -7.91. The first-order valence-electron chi connectivity index (χ1n) is 9.15. The van der Waals surface area contributed by atoms with Gasteiger partial charge in [-0.1, -0.05) is 16.8 Å². The van der Waals surface area contributed by atoms with Crippen LogP contribution in [0.3, 0.4) is 0 Å². The van der Waals surface area contributed by atoms with E-state index in [1.165, 1.54) is 12.1 Å². The maximum Gasteiger partial charge on any atom is 0.256 e. The molecular formula is C20H17ClN2O8. The van der Waals surface area contributed by atoms with Crippen LogP contribution in [0.4, 0.5) is 0 Å². The monoisotopic (exact) mass is 448 g/mol. The second-order valence-corrected chi connectivity index (χ2v) is 7.95. The van der Waals surface area contributed by atoms with Gasteiger partial charge < -0.3 is 31.0 Å². The second-order valence-electron chi connectivity index (χ2n) is 7.54. The lowest BCUT2D eigenvalue weighted by atomic mass is 9.58. The van der Waals surface area contributed by atoms with Gasteiger partial charge in [0.05, 0.1) is 11.5 Å². The summed E-state index contributed by atoms with van der Waals surface area (Å²) in [5, 5.41) is 46.6. The van der Waals surface area contributed by atoms with E-state index in [1.54, 1.807) is 0 Å². The van der Waals surface area contributed by atoms with Crippen LogP contribution >= 0.6 is 11.6 Å². The van der Waals surface area contributed by atoms with Crippen molar-refractivity contribution in [1.29, 1.82) is 0 Å². The van der Waals surface area contributed by atoms with E-state index in [2.05, 4.69) is 9.99 Å². The molecular weight excluding hydrogens is 432 g/mol. The van der Waals surface area contributed by atoms with Crippen molar-refractivity contribution in [3.05, 3.63) is 45.2 Å². The van der Waals surface area contributed by atoms with Crippen LogP contribution in [0.2, 0.25) is 5.02 Å². The van der Waals surface area contributed by atoms with Gasteiger partial charge in [-0.05, 0) is 36.5 Å². The number of aliphatic hydroxyl groups excluding tert-OH is 2. The summed E-state index contributed by atoms with van der Waals surface area (Å²) in [4.78, 5) is 42.9. The van der Waals surface area contributed by atoms with Crippen LogP contribution in [-0.4, -0.2) is 56.3 Å². The Balaban J connectivity index is 1.98. The Morgan fingerprint density at radius 3 is 2.52 bits per heavy atom. The van der Waals surface area contributed by atoms with Crippen molar-refractivity contribution in [1.82, 2.24) is 0 Å². The summed E-state index contributed by atoms with van der Waals surface area (Å²) in [7, 11) is 1.14. The number of phenolic OH excluding ortho intramolecular Hbond substituents is 1. The van der Waals surface area contributed by atoms with Crippen molar-refractivity contribution in [3.8, 4) is 5.75 Å². The molecule has 6 N–H and O–H groups in total. The molecule has 1 aromatic rings. The standard InChI is InChI=1S/C20H17ClN2O8/c1-31-23-14-8-5-6-4-7-9(21)2-3-10(24)12(7)15(25)11(6)17(27)20(8,30)18(28)13(16(14)26)19(22)29/h2-3,6,8,24-26,30H,4-5H2,1H3,(H2,22,29)/b23-14-/t6-,8-,20-/m0/s1. The number of ketones is 2. The number of Topliss-reactive ketones (excluding diaryl/α,β-unsaturated/α-hetero) is 2. The highest BCUT2D eigenvalue weighted by Gasteiger charge is 2.64. The lowest BCUT2D eigenvalue weighted by Crippen LogP contribution is -2.64. The van der Waals surface area contributed by atoms with E-state index in [9.17, 15) is 34.8 Å². The van der Waals surface area contributed by atoms with Crippen molar-refractivity contribution in [2.24, 2.45) is 22.7 Å². The number of oxime groups is 1. The van der Waals surface area contributed by atoms with Gasteiger partial charge in [0.1, 0.15) is 29.9 Å². The van der Waals surface area contributed by atoms with Gasteiger partial charge in [0, 0.05) is 10.6 Å². The predicted octanol–water partition coefficient (Wildman–Crippen LogP) is 0.690. The quantitative estimate of drug-likeness (QED) is 0.249. The third-order valence-electron chi connectivity index (χ3n) is 6.02. The number of rotatable bonds is 2. The number of hydrogen-bond acceptors (Lipinski definition) is 9. The number of aromatic hydroxyl groups is 1. The molecule has 0 spiro atoms. The fraction of sp³-hybridized carbons (Fsp3) is 0.300. The summed E-state index contributed by atoms with van der Waals surface area (Å²) >= 11 is 6.21. The molecule has 0 unspecified atom stereocenters. The molecule has 11 heteroatoms. The van der Waals surface area contributed by atoms with Crippen LogP contribution in [0.1, 0.15) is 17.5 Å². The molecule has 10 nitrogen and oxygen atoms in total. The van der Waals surface area contributed by atoms with E-state index in [-0.39, 0.29) is 34.8 Å². The molecule has 3 atom stereocenters. The lowest BCUT2D eigenvalue weighted by Gasteiger charge is -2.45. The summed E-state index contributed by atoms with van der Waals surface area (Å²) in [5.41, 5.74) is 0.958. The summed E-state index contributed by atoms with van der Waals surface area (Å²) in [6, 6.07) is 2.68. The number of aliphatic hydroxyl groups is 3. The Hall–Kier alpha value is -3.37. The van der Waals surface area contributed by atoms with Crippen LogP contribution in [0, 0.1) is 11.8 Å². The van der Waals surface area contributed by atoms with Gasteiger partial charge in [-0.15, -0.1) is 0 Å². The lowest BCUT2D eigenvalue weighted by molar-refractivity contribution is -0.153. The molecule has 0 heterocycles. The molecule has 1 saturated carbocycles. The van der Waals surface area contributed by atoms with Gasteiger partial charge in [0.25, 0.3) is 5.91 Å². The Morgan fingerprint density at radius 1 is 1.23 bits per heavy atom. The topological polar surface area (TPSA) is 180 Å². The van der Waals surface area contributed by atoms with Crippen LogP contribution in [0.5, 0.6) is 5.75 Å². The number of nitrogens with zero attached hydrogens (tertiary/aromatic N) is 1. The molecule has 0 bridgehead atoms. The number of phenols is 1. The molecule has 0 radical (unpaired) electrons. The number of benzene rings is 1. The molecule has 1 aromatic carbocycles. The zero-order valence-electron chi connectivity index (χ0n) is 16.0. The molecule has 31 heavy (non-hydrogen) atoms. The van der Waals surface area contributed by atoms with Crippen molar-refractivity contribution in [2.45, 2.75) is 18.4 Å². The minimum Gasteiger partial charge on any atom is -0.507 e. The van der Waals surface area contributed by atoms with E-state index < -0.39 is 57.7 Å². The number of hydrogen-bond donors (Lipinski definition) is 5. The van der Waals surface area contributed by atoms with Gasteiger partial charge in [-0.2, -0.15) is 0 Å². The fourth-order valence-electron chi connectivity index (χ4n) is 4.66. The highest BCUT2D eigenvalue weighted by atomic mass is 35.5. The van der Waals surface area contributed by atoms with E-state index >= 15 is 0 Å². The van der Waals surface area contributed by atoms with Crippen LogP contribution in [-0.2, 0) is 25.6 Å². The number of nitrogens with two attached hydrogens (primary N) is 1. The molecule has 1 amide bonds. The number of fused-ring (bicyclic) bond motifs is 3. The van der Waals surface area contributed by atoms with Crippen LogP contribution in [0.25, 0.3) is 5.76 Å². The number of carbonyl (C=O) groups is 3. The average Bonchev–Trinajstić information content (AvgIpc) is 2.70. The molecule has 0 aliphatic heterocycles. The molecule has 3 aliphatic rings. The Kier molecular flexibility index (Phi) is 4.60. The Bertz CT molecular complexity index is 1170. The highest BCUT2D eigenvalue weighted by molar-refractivity contribution is 6.38. The summed E-state index contributed by atoms with van der Waals surface area (Å²) in [6.45, 7) is 0. The van der Waals surface area contributed by atoms with E-state index in [1.807, 2.05) is 0 Å². The average molecular weight is 449 g/mol. The predicted molar refractivity (Wildman–Crippen MR) is 106 cm³/mol. The fourth-order valence-corrected chi connectivity index (χ4v) is 4.89. The highest BCUT2D eigenvalue weighted by Crippen LogP contribution is 2.51. The second kappa shape index (κ2) is 6.82. The summed E-state index contributed by atoms with van der Waals surface area (Å²) in [6.07, 6.45) is -0.0288. The smallest absolute Gasteiger partial charge is 0.256 e. The minimum atomic E-state index is -2.86. The van der Waals surface area contributed by atoms with Gasteiger partial charge in [0.15, 0.2) is 11.4 Å².